The van der Waals surface area contributed by atoms with Crippen molar-refractivity contribution < 1.29 is 9.50 Å². The van der Waals surface area contributed by atoms with Crippen molar-refractivity contribution in [2.75, 3.05) is 0 Å². The second-order valence-corrected chi connectivity index (χ2v) is 5.16. The van der Waals surface area contributed by atoms with Crippen molar-refractivity contribution in [2.24, 2.45) is 0 Å². The molecule has 0 radical (unpaired) electrons. The van der Waals surface area contributed by atoms with Gasteiger partial charge in [0.15, 0.2) is 0 Å². The number of aromatic hydroxyl groups is 1. The van der Waals surface area contributed by atoms with Crippen molar-refractivity contribution in [3.63, 3.8) is 0 Å². The van der Waals surface area contributed by atoms with Gasteiger partial charge >= 0.3 is 0 Å². The van der Waals surface area contributed by atoms with Gasteiger partial charge in [-0.2, -0.15) is 0 Å². The van der Waals surface area contributed by atoms with Crippen LogP contribution in [-0.2, 0) is 6.42 Å². The Morgan fingerprint density at radius 1 is 1.23 bits per heavy atom. The molecule has 0 saturated heterocycles. The van der Waals surface area contributed by atoms with Crippen molar-refractivity contribution >= 4 is 10.9 Å². The Morgan fingerprint density at radius 3 is 2.68 bits per heavy atom. The van der Waals surface area contributed by atoms with Crippen LogP contribution in [0.3, 0.4) is 0 Å². The highest BCUT2D eigenvalue weighted by molar-refractivity contribution is 5.79. The van der Waals surface area contributed by atoms with Crippen LogP contribution in [0.1, 0.15) is 18.3 Å². The molecule has 1 heterocycles. The van der Waals surface area contributed by atoms with Gasteiger partial charge in [-0.1, -0.05) is 13.0 Å². The van der Waals surface area contributed by atoms with Crippen LogP contribution in [0, 0.1) is 12.7 Å². The molecular weight excluding hydrogens is 283 g/mol. The average molecular weight is 298 g/mol. The Labute approximate surface area is 126 Å². The molecule has 112 valence electrons. The van der Waals surface area contributed by atoms with E-state index >= 15 is 0 Å². The van der Waals surface area contributed by atoms with Gasteiger partial charge in [-0.05, 0) is 36.8 Å². The van der Waals surface area contributed by atoms with Gasteiger partial charge in [0, 0.05) is 12.5 Å². The van der Waals surface area contributed by atoms with Crippen LogP contribution in [0.25, 0.3) is 16.6 Å². The second-order valence-electron chi connectivity index (χ2n) is 5.16. The number of halogens is 1. The summed E-state index contributed by atoms with van der Waals surface area (Å²) in [4.78, 5) is 17.2. The zero-order valence-electron chi connectivity index (χ0n) is 12.3. The van der Waals surface area contributed by atoms with E-state index in [0.29, 0.717) is 34.4 Å². The number of aryl methyl sites for hydroxylation is 2. The summed E-state index contributed by atoms with van der Waals surface area (Å²) in [6.07, 6.45) is 0.510. The highest BCUT2D eigenvalue weighted by atomic mass is 19.1. The first-order valence-electron chi connectivity index (χ1n) is 7.02. The Bertz CT molecular complexity index is 932. The first-order valence-corrected chi connectivity index (χ1v) is 7.02. The van der Waals surface area contributed by atoms with E-state index < -0.39 is 0 Å². The Balaban J connectivity index is 2.37. The third-order valence-electron chi connectivity index (χ3n) is 3.65. The van der Waals surface area contributed by atoms with Crippen molar-refractivity contribution in [1.29, 1.82) is 0 Å². The number of benzene rings is 2. The fourth-order valence-corrected chi connectivity index (χ4v) is 2.44. The fraction of sp³-hybridized carbons (Fsp3) is 0.176. The molecule has 3 aromatic rings. The quantitative estimate of drug-likeness (QED) is 0.791. The van der Waals surface area contributed by atoms with Crippen LogP contribution in [0.2, 0.25) is 0 Å². The fourth-order valence-electron chi connectivity index (χ4n) is 2.44. The van der Waals surface area contributed by atoms with E-state index in [1.807, 2.05) is 6.92 Å². The number of nitrogens with zero attached hydrogens (tertiary/aromatic N) is 2. The number of aromatic nitrogens is 2. The summed E-state index contributed by atoms with van der Waals surface area (Å²) in [5, 5.41) is 9.92. The lowest BCUT2D eigenvalue weighted by molar-refractivity contribution is 0.476. The Kier molecular flexibility index (Phi) is 3.41. The van der Waals surface area contributed by atoms with Gasteiger partial charge in [-0.3, -0.25) is 9.36 Å². The van der Waals surface area contributed by atoms with Gasteiger partial charge < -0.3 is 5.11 Å². The first kappa shape index (κ1) is 14.3. The molecule has 1 aromatic heterocycles. The zero-order valence-corrected chi connectivity index (χ0v) is 12.3. The lowest BCUT2D eigenvalue weighted by Gasteiger charge is -2.13. The Morgan fingerprint density at radius 2 is 2.00 bits per heavy atom. The monoisotopic (exact) mass is 298 g/mol. The van der Waals surface area contributed by atoms with E-state index in [9.17, 15) is 14.3 Å². The molecule has 2 aromatic carbocycles. The van der Waals surface area contributed by atoms with Crippen LogP contribution < -0.4 is 5.56 Å². The van der Waals surface area contributed by atoms with E-state index in [4.69, 9.17) is 0 Å². The second kappa shape index (κ2) is 5.26. The number of fused-ring (bicyclic) bond motifs is 1. The molecule has 0 fully saturated rings. The SMILES string of the molecule is CCc1nc2cc(O)ccc2c(=O)n1-c1ccc(C)c(F)c1. The topological polar surface area (TPSA) is 55.1 Å². The summed E-state index contributed by atoms with van der Waals surface area (Å²) >= 11 is 0. The number of rotatable bonds is 2. The third-order valence-corrected chi connectivity index (χ3v) is 3.65. The summed E-state index contributed by atoms with van der Waals surface area (Å²) in [5.74, 6) is 0.212. The van der Waals surface area contributed by atoms with E-state index in [0.717, 1.165) is 0 Å². The maximum Gasteiger partial charge on any atom is 0.265 e. The summed E-state index contributed by atoms with van der Waals surface area (Å²) in [5.41, 5.74) is 1.14. The molecule has 0 bridgehead atoms. The van der Waals surface area contributed by atoms with Crippen LogP contribution >= 0.6 is 0 Å². The molecule has 3 rings (SSSR count). The lowest BCUT2D eigenvalue weighted by atomic mass is 10.2. The molecule has 22 heavy (non-hydrogen) atoms. The normalized spacial score (nSPS) is 11.0. The first-order chi connectivity index (χ1) is 10.5. The van der Waals surface area contributed by atoms with Crippen LogP contribution in [0.15, 0.2) is 41.2 Å². The van der Waals surface area contributed by atoms with E-state index in [-0.39, 0.29) is 17.1 Å². The van der Waals surface area contributed by atoms with E-state index in [1.165, 1.54) is 28.8 Å². The smallest absolute Gasteiger partial charge is 0.265 e. The maximum atomic E-state index is 13.8. The zero-order chi connectivity index (χ0) is 15.9. The molecule has 0 spiro atoms. The number of hydrogen-bond acceptors (Lipinski definition) is 3. The summed E-state index contributed by atoms with van der Waals surface area (Å²) in [6.45, 7) is 3.54. The van der Waals surface area contributed by atoms with Crippen molar-refractivity contribution in [2.45, 2.75) is 20.3 Å². The van der Waals surface area contributed by atoms with Crippen LogP contribution in [-0.4, -0.2) is 14.7 Å². The molecule has 0 unspecified atom stereocenters. The highest BCUT2D eigenvalue weighted by Gasteiger charge is 2.13. The molecule has 0 saturated carbocycles. The summed E-state index contributed by atoms with van der Waals surface area (Å²) < 4.78 is 15.2. The molecular formula is C17H15FN2O2. The standard InChI is InChI=1S/C17H15FN2O2/c1-3-16-19-15-9-12(21)6-7-13(15)17(22)20(16)11-5-4-10(2)14(18)8-11/h4-9,21H,3H2,1-2H3. The molecule has 0 aliphatic heterocycles. The van der Waals surface area contributed by atoms with Gasteiger partial charge in [-0.25, -0.2) is 9.37 Å². The maximum absolute atomic E-state index is 13.8. The predicted octanol–water partition coefficient (Wildman–Crippen LogP) is 3.10. The van der Waals surface area contributed by atoms with Crippen molar-refractivity contribution in [1.82, 2.24) is 9.55 Å². The largest absolute Gasteiger partial charge is 0.508 e. The molecule has 4 nitrogen and oxygen atoms in total. The Hall–Kier alpha value is -2.69. The third kappa shape index (κ3) is 2.24. The number of phenols is 1. The van der Waals surface area contributed by atoms with Gasteiger partial charge in [0.1, 0.15) is 17.4 Å². The average Bonchev–Trinajstić information content (AvgIpc) is 2.49. The molecule has 0 aliphatic carbocycles. The minimum absolute atomic E-state index is 0.0561. The summed E-state index contributed by atoms with van der Waals surface area (Å²) in [7, 11) is 0. The molecule has 1 N–H and O–H groups in total. The number of hydrogen-bond donors (Lipinski definition) is 1. The van der Waals surface area contributed by atoms with Crippen LogP contribution in [0.4, 0.5) is 4.39 Å². The highest BCUT2D eigenvalue weighted by Crippen LogP contribution is 2.19. The lowest BCUT2D eigenvalue weighted by Crippen LogP contribution is -2.23. The van der Waals surface area contributed by atoms with E-state index in [2.05, 4.69) is 4.98 Å². The minimum atomic E-state index is -0.364. The van der Waals surface area contributed by atoms with Crippen molar-refractivity contribution in [3.05, 3.63) is 64.0 Å². The minimum Gasteiger partial charge on any atom is -0.508 e. The van der Waals surface area contributed by atoms with Gasteiger partial charge in [0.2, 0.25) is 0 Å². The molecule has 5 heteroatoms. The predicted molar refractivity (Wildman–Crippen MR) is 83.1 cm³/mol. The van der Waals surface area contributed by atoms with E-state index in [1.54, 1.807) is 19.1 Å². The van der Waals surface area contributed by atoms with Gasteiger partial charge in [-0.15, -0.1) is 0 Å². The van der Waals surface area contributed by atoms with Gasteiger partial charge in [0.25, 0.3) is 5.56 Å². The molecule has 0 amide bonds. The molecule has 0 aliphatic rings. The summed E-state index contributed by atoms with van der Waals surface area (Å²) in [6, 6.07) is 9.10. The van der Waals surface area contributed by atoms with Gasteiger partial charge in [0.05, 0.1) is 16.6 Å². The number of phenolic OH excluding ortho intramolecular Hbond substituents is 1. The van der Waals surface area contributed by atoms with Crippen molar-refractivity contribution in [3.8, 4) is 11.4 Å². The van der Waals surface area contributed by atoms with Crippen LogP contribution in [0.5, 0.6) is 5.75 Å². The molecule has 0 atom stereocenters.